The lowest BCUT2D eigenvalue weighted by Crippen LogP contribution is -2.24. The maximum atomic E-state index is 10.5. The van der Waals surface area contributed by atoms with Crippen molar-refractivity contribution in [2.75, 3.05) is 7.11 Å². The Balaban J connectivity index is 3.81. The molecule has 0 bridgehead atoms. The molecule has 72 valence electrons. The Labute approximate surface area is 73.7 Å². The van der Waals surface area contributed by atoms with Crippen LogP contribution in [0.3, 0.4) is 0 Å². The second-order valence-corrected chi connectivity index (χ2v) is 4.16. The Bertz CT molecular complexity index is 146. The van der Waals surface area contributed by atoms with Gasteiger partial charge in [-0.25, -0.2) is 4.79 Å². The second-order valence-electron chi connectivity index (χ2n) is 4.16. The zero-order chi connectivity index (χ0) is 9.78. The standard InChI is InChI=1S/C9H18O3/c1-9(2,3)6-5-7(12-4)8(10)11/h7H,5-6H2,1-4H3,(H,10,11). The van der Waals surface area contributed by atoms with Crippen molar-refractivity contribution in [1.29, 1.82) is 0 Å². The molecule has 0 rings (SSSR count). The van der Waals surface area contributed by atoms with Gasteiger partial charge in [-0.05, 0) is 18.3 Å². The zero-order valence-corrected chi connectivity index (χ0v) is 8.26. The Morgan fingerprint density at radius 1 is 1.50 bits per heavy atom. The fourth-order valence-electron chi connectivity index (χ4n) is 0.906. The van der Waals surface area contributed by atoms with Gasteiger partial charge < -0.3 is 9.84 Å². The van der Waals surface area contributed by atoms with Crippen LogP contribution >= 0.6 is 0 Å². The van der Waals surface area contributed by atoms with E-state index in [4.69, 9.17) is 9.84 Å². The summed E-state index contributed by atoms with van der Waals surface area (Å²) in [5.74, 6) is -0.873. The molecule has 0 aliphatic heterocycles. The average Bonchev–Trinajstić information content (AvgIpc) is 1.85. The van der Waals surface area contributed by atoms with Crippen LogP contribution in [-0.2, 0) is 9.53 Å². The molecule has 0 saturated carbocycles. The third-order valence-corrected chi connectivity index (χ3v) is 1.72. The first kappa shape index (κ1) is 11.4. The molecule has 1 N–H and O–H groups in total. The van der Waals surface area contributed by atoms with E-state index in [2.05, 4.69) is 20.8 Å². The minimum absolute atomic E-state index is 0.173. The van der Waals surface area contributed by atoms with Crippen molar-refractivity contribution in [2.45, 2.75) is 39.7 Å². The number of rotatable bonds is 4. The van der Waals surface area contributed by atoms with Gasteiger partial charge in [0, 0.05) is 7.11 Å². The molecule has 0 fully saturated rings. The number of ether oxygens (including phenoxy) is 1. The van der Waals surface area contributed by atoms with Crippen molar-refractivity contribution < 1.29 is 14.6 Å². The lowest BCUT2D eigenvalue weighted by atomic mass is 9.89. The topological polar surface area (TPSA) is 46.5 Å². The number of methoxy groups -OCH3 is 1. The summed E-state index contributed by atoms with van der Waals surface area (Å²) in [6.07, 6.45) is 0.789. The predicted octanol–water partition coefficient (Wildman–Crippen LogP) is 1.91. The van der Waals surface area contributed by atoms with Gasteiger partial charge in [0.15, 0.2) is 6.10 Å². The molecule has 0 heterocycles. The van der Waals surface area contributed by atoms with Crippen LogP contribution in [0.1, 0.15) is 33.6 Å². The Morgan fingerprint density at radius 2 is 2.00 bits per heavy atom. The minimum atomic E-state index is -0.873. The van der Waals surface area contributed by atoms with E-state index in [1.165, 1.54) is 7.11 Å². The molecular formula is C9H18O3. The summed E-state index contributed by atoms with van der Waals surface area (Å²) in [4.78, 5) is 10.5. The van der Waals surface area contributed by atoms with Crippen LogP contribution in [0.15, 0.2) is 0 Å². The first-order valence-corrected chi connectivity index (χ1v) is 4.12. The molecule has 0 aliphatic carbocycles. The Morgan fingerprint density at radius 3 is 2.25 bits per heavy atom. The second kappa shape index (κ2) is 4.45. The summed E-state index contributed by atoms with van der Waals surface area (Å²) in [6, 6.07) is 0. The molecule has 1 unspecified atom stereocenters. The summed E-state index contributed by atoms with van der Waals surface area (Å²) < 4.78 is 4.81. The summed E-state index contributed by atoms with van der Waals surface area (Å²) >= 11 is 0. The molecule has 0 amide bonds. The molecule has 0 spiro atoms. The number of carboxylic acids is 1. The smallest absolute Gasteiger partial charge is 0.332 e. The van der Waals surface area contributed by atoms with E-state index >= 15 is 0 Å². The summed E-state index contributed by atoms with van der Waals surface area (Å²) in [6.45, 7) is 6.25. The van der Waals surface area contributed by atoms with Crippen molar-refractivity contribution >= 4 is 5.97 Å². The van der Waals surface area contributed by atoms with Crippen LogP contribution in [-0.4, -0.2) is 24.3 Å². The van der Waals surface area contributed by atoms with Crippen LogP contribution in [0.25, 0.3) is 0 Å². The fraction of sp³-hybridized carbons (Fsp3) is 0.889. The first-order chi connectivity index (χ1) is 5.37. The van der Waals surface area contributed by atoms with E-state index in [1.807, 2.05) is 0 Å². The van der Waals surface area contributed by atoms with E-state index in [9.17, 15) is 4.79 Å². The number of carboxylic acid groups (broad SMARTS) is 1. The van der Waals surface area contributed by atoms with Gasteiger partial charge in [-0.15, -0.1) is 0 Å². The maximum Gasteiger partial charge on any atom is 0.332 e. The molecule has 3 heteroatoms. The summed E-state index contributed by atoms with van der Waals surface area (Å²) in [7, 11) is 1.43. The lowest BCUT2D eigenvalue weighted by molar-refractivity contribution is -0.149. The van der Waals surface area contributed by atoms with E-state index < -0.39 is 12.1 Å². The molecule has 0 aromatic carbocycles. The third kappa shape index (κ3) is 5.13. The highest BCUT2D eigenvalue weighted by Crippen LogP contribution is 2.22. The van der Waals surface area contributed by atoms with Crippen molar-refractivity contribution in [2.24, 2.45) is 5.41 Å². The molecule has 12 heavy (non-hydrogen) atoms. The van der Waals surface area contributed by atoms with Crippen molar-refractivity contribution in [3.8, 4) is 0 Å². The van der Waals surface area contributed by atoms with Gasteiger partial charge in [0.05, 0.1) is 0 Å². The summed E-state index contributed by atoms with van der Waals surface area (Å²) in [5, 5.41) is 8.65. The van der Waals surface area contributed by atoms with Gasteiger partial charge >= 0.3 is 5.97 Å². The van der Waals surface area contributed by atoms with E-state index in [0.717, 1.165) is 6.42 Å². The minimum Gasteiger partial charge on any atom is -0.479 e. The largest absolute Gasteiger partial charge is 0.479 e. The highest BCUT2D eigenvalue weighted by atomic mass is 16.5. The van der Waals surface area contributed by atoms with Crippen LogP contribution in [0.4, 0.5) is 0 Å². The van der Waals surface area contributed by atoms with Crippen LogP contribution in [0.5, 0.6) is 0 Å². The molecule has 0 radical (unpaired) electrons. The number of carbonyl (C=O) groups is 1. The van der Waals surface area contributed by atoms with Crippen molar-refractivity contribution in [3.05, 3.63) is 0 Å². The van der Waals surface area contributed by atoms with Crippen molar-refractivity contribution in [1.82, 2.24) is 0 Å². The van der Waals surface area contributed by atoms with Gasteiger partial charge in [0.25, 0.3) is 0 Å². The van der Waals surface area contributed by atoms with E-state index in [1.54, 1.807) is 0 Å². The third-order valence-electron chi connectivity index (χ3n) is 1.72. The normalized spacial score (nSPS) is 14.3. The van der Waals surface area contributed by atoms with Crippen LogP contribution in [0, 0.1) is 5.41 Å². The first-order valence-electron chi connectivity index (χ1n) is 4.12. The molecular weight excluding hydrogens is 156 g/mol. The van der Waals surface area contributed by atoms with Crippen molar-refractivity contribution in [3.63, 3.8) is 0 Å². The molecule has 0 aliphatic rings. The van der Waals surface area contributed by atoms with Gasteiger partial charge in [-0.1, -0.05) is 20.8 Å². The number of hydrogen-bond acceptors (Lipinski definition) is 2. The Hall–Kier alpha value is -0.570. The van der Waals surface area contributed by atoms with E-state index in [-0.39, 0.29) is 5.41 Å². The zero-order valence-electron chi connectivity index (χ0n) is 8.26. The average molecular weight is 174 g/mol. The molecule has 0 aromatic rings. The highest BCUT2D eigenvalue weighted by Gasteiger charge is 2.19. The van der Waals surface area contributed by atoms with Crippen LogP contribution in [0.2, 0.25) is 0 Å². The molecule has 0 saturated heterocycles. The lowest BCUT2D eigenvalue weighted by Gasteiger charge is -2.19. The molecule has 3 nitrogen and oxygen atoms in total. The quantitative estimate of drug-likeness (QED) is 0.708. The highest BCUT2D eigenvalue weighted by molar-refractivity contribution is 5.72. The Kier molecular flexibility index (Phi) is 4.24. The fourth-order valence-corrected chi connectivity index (χ4v) is 0.906. The van der Waals surface area contributed by atoms with Gasteiger partial charge in [0.1, 0.15) is 0 Å². The SMILES string of the molecule is COC(CCC(C)(C)C)C(=O)O. The number of aliphatic carboxylic acids is 1. The van der Waals surface area contributed by atoms with E-state index in [0.29, 0.717) is 6.42 Å². The van der Waals surface area contributed by atoms with Gasteiger partial charge in [-0.2, -0.15) is 0 Å². The molecule has 0 aromatic heterocycles. The number of hydrogen-bond donors (Lipinski definition) is 1. The van der Waals surface area contributed by atoms with Gasteiger partial charge in [-0.3, -0.25) is 0 Å². The maximum absolute atomic E-state index is 10.5. The van der Waals surface area contributed by atoms with Gasteiger partial charge in [0.2, 0.25) is 0 Å². The molecule has 1 atom stereocenters. The van der Waals surface area contributed by atoms with Crippen LogP contribution < -0.4 is 0 Å². The predicted molar refractivity (Wildman–Crippen MR) is 47.1 cm³/mol. The monoisotopic (exact) mass is 174 g/mol. The summed E-state index contributed by atoms with van der Waals surface area (Å²) in [5.41, 5.74) is 0.173.